The van der Waals surface area contributed by atoms with Crippen molar-refractivity contribution in [2.45, 2.75) is 6.92 Å². The number of halogens is 1. The molecule has 1 N–H and O–H groups in total. The molecule has 0 radical (unpaired) electrons. The molecule has 0 atom stereocenters. The molecule has 1 heterocycles. The second-order valence-corrected chi connectivity index (χ2v) is 4.29. The Bertz CT molecular complexity index is 690. The number of benzene rings is 1. The molecule has 2 rings (SSSR count). The van der Waals surface area contributed by atoms with E-state index in [1.807, 2.05) is 0 Å². The van der Waals surface area contributed by atoms with Crippen LogP contribution in [0.15, 0.2) is 30.6 Å². The summed E-state index contributed by atoms with van der Waals surface area (Å²) in [6, 6.07) is 4.40. The van der Waals surface area contributed by atoms with E-state index < -0.39 is 10.8 Å². The summed E-state index contributed by atoms with van der Waals surface area (Å²) in [5.41, 5.74) is 0.212. The van der Waals surface area contributed by atoms with Crippen molar-refractivity contribution >= 4 is 29.0 Å². The van der Waals surface area contributed by atoms with Crippen molar-refractivity contribution in [3.8, 4) is 0 Å². The van der Waals surface area contributed by atoms with Crippen LogP contribution in [0.3, 0.4) is 0 Å². The van der Waals surface area contributed by atoms with Crippen LogP contribution in [0.5, 0.6) is 0 Å². The Morgan fingerprint density at radius 3 is 2.80 bits per heavy atom. The lowest BCUT2D eigenvalue weighted by molar-refractivity contribution is -0.385. The molecule has 0 aliphatic rings. The molecular weight excluding hydrogens is 284 g/mol. The van der Waals surface area contributed by atoms with E-state index >= 15 is 0 Å². The molecule has 1 aromatic heterocycles. The van der Waals surface area contributed by atoms with Gasteiger partial charge in [0, 0.05) is 6.07 Å². The molecule has 20 heavy (non-hydrogen) atoms. The highest BCUT2D eigenvalue weighted by Crippen LogP contribution is 2.22. The van der Waals surface area contributed by atoms with Crippen LogP contribution >= 0.6 is 11.6 Å². The Hall–Kier alpha value is -2.54. The van der Waals surface area contributed by atoms with Gasteiger partial charge in [-0.3, -0.25) is 19.9 Å². The first-order chi connectivity index (χ1) is 9.49. The van der Waals surface area contributed by atoms with Crippen LogP contribution in [-0.4, -0.2) is 20.8 Å². The maximum Gasteiger partial charge on any atom is 0.282 e. The average Bonchev–Trinajstić information content (AvgIpc) is 2.38. The Labute approximate surface area is 118 Å². The summed E-state index contributed by atoms with van der Waals surface area (Å²) in [6.45, 7) is 1.62. The highest BCUT2D eigenvalue weighted by atomic mass is 35.5. The van der Waals surface area contributed by atoms with E-state index in [4.69, 9.17) is 11.6 Å². The molecule has 0 bridgehead atoms. The molecule has 0 saturated heterocycles. The summed E-state index contributed by atoms with van der Waals surface area (Å²) < 4.78 is 0. The normalized spacial score (nSPS) is 10.1. The molecule has 8 heteroatoms. The number of aromatic nitrogens is 2. The summed E-state index contributed by atoms with van der Waals surface area (Å²) in [7, 11) is 0. The number of hydrogen-bond acceptors (Lipinski definition) is 5. The SMILES string of the molecule is Cc1cccc([N+](=O)[O-])c1C(=O)Nc1cncc(Cl)n1. The van der Waals surface area contributed by atoms with Crippen LogP contribution in [0.1, 0.15) is 15.9 Å². The van der Waals surface area contributed by atoms with E-state index in [0.29, 0.717) is 5.56 Å². The van der Waals surface area contributed by atoms with Crippen molar-refractivity contribution in [2.75, 3.05) is 5.32 Å². The quantitative estimate of drug-likeness (QED) is 0.692. The van der Waals surface area contributed by atoms with Gasteiger partial charge in [-0.1, -0.05) is 23.7 Å². The number of carbonyl (C=O) groups excluding carboxylic acids is 1. The summed E-state index contributed by atoms with van der Waals surface area (Å²) in [5.74, 6) is -0.508. The van der Waals surface area contributed by atoms with E-state index in [0.717, 1.165) is 0 Å². The van der Waals surface area contributed by atoms with Gasteiger partial charge in [-0.2, -0.15) is 0 Å². The van der Waals surface area contributed by atoms with Crippen LogP contribution in [0.4, 0.5) is 11.5 Å². The predicted octanol–water partition coefficient (Wildman–Crippen LogP) is 2.60. The minimum atomic E-state index is -0.633. The topological polar surface area (TPSA) is 98.0 Å². The number of nitro benzene ring substituents is 1. The smallest absolute Gasteiger partial charge is 0.282 e. The third-order valence-corrected chi connectivity index (χ3v) is 2.70. The number of nitrogens with zero attached hydrogens (tertiary/aromatic N) is 3. The van der Waals surface area contributed by atoms with Crippen LogP contribution < -0.4 is 5.32 Å². The van der Waals surface area contributed by atoms with Crippen LogP contribution in [0.2, 0.25) is 5.15 Å². The Morgan fingerprint density at radius 2 is 2.15 bits per heavy atom. The van der Waals surface area contributed by atoms with Gasteiger partial charge < -0.3 is 5.32 Å². The minimum absolute atomic E-state index is 0.0146. The molecular formula is C12H9ClN4O3. The van der Waals surface area contributed by atoms with Gasteiger partial charge in [-0.25, -0.2) is 4.98 Å². The molecule has 1 aromatic carbocycles. The zero-order valence-electron chi connectivity index (χ0n) is 10.3. The fraction of sp³-hybridized carbons (Fsp3) is 0.0833. The summed E-state index contributed by atoms with van der Waals surface area (Å²) in [4.78, 5) is 30.1. The van der Waals surface area contributed by atoms with Crippen molar-refractivity contribution in [1.82, 2.24) is 9.97 Å². The number of hydrogen-bond donors (Lipinski definition) is 1. The Kier molecular flexibility index (Phi) is 3.90. The van der Waals surface area contributed by atoms with Crippen LogP contribution in [-0.2, 0) is 0 Å². The zero-order valence-corrected chi connectivity index (χ0v) is 11.1. The van der Waals surface area contributed by atoms with Gasteiger partial charge in [0.1, 0.15) is 10.7 Å². The predicted molar refractivity (Wildman–Crippen MR) is 72.8 cm³/mol. The van der Waals surface area contributed by atoms with Gasteiger partial charge in [-0.05, 0) is 12.5 Å². The Morgan fingerprint density at radius 1 is 1.40 bits per heavy atom. The highest BCUT2D eigenvalue weighted by Gasteiger charge is 2.22. The largest absolute Gasteiger partial charge is 0.305 e. The molecule has 1 amide bonds. The molecule has 7 nitrogen and oxygen atoms in total. The minimum Gasteiger partial charge on any atom is -0.305 e. The lowest BCUT2D eigenvalue weighted by atomic mass is 10.1. The fourth-order valence-electron chi connectivity index (χ4n) is 1.68. The number of nitro groups is 1. The van der Waals surface area contributed by atoms with Crippen molar-refractivity contribution < 1.29 is 9.72 Å². The van der Waals surface area contributed by atoms with E-state index in [9.17, 15) is 14.9 Å². The third kappa shape index (κ3) is 2.89. The molecule has 0 aliphatic heterocycles. The van der Waals surface area contributed by atoms with E-state index in [2.05, 4.69) is 15.3 Å². The molecule has 0 spiro atoms. The number of amides is 1. The third-order valence-electron chi connectivity index (χ3n) is 2.52. The maximum atomic E-state index is 12.1. The van der Waals surface area contributed by atoms with Gasteiger partial charge in [0.2, 0.25) is 0 Å². The van der Waals surface area contributed by atoms with E-state index in [1.54, 1.807) is 13.0 Å². The second kappa shape index (κ2) is 5.62. The first kappa shape index (κ1) is 13.9. The summed E-state index contributed by atoms with van der Waals surface area (Å²) >= 11 is 5.65. The number of anilines is 1. The number of carbonyl (C=O) groups is 1. The van der Waals surface area contributed by atoms with Crippen molar-refractivity contribution in [3.05, 3.63) is 57.0 Å². The van der Waals surface area contributed by atoms with Crippen LogP contribution in [0.25, 0.3) is 0 Å². The lowest BCUT2D eigenvalue weighted by Gasteiger charge is -2.07. The highest BCUT2D eigenvalue weighted by molar-refractivity contribution is 6.29. The van der Waals surface area contributed by atoms with Crippen molar-refractivity contribution in [3.63, 3.8) is 0 Å². The molecule has 2 aromatic rings. The van der Waals surface area contributed by atoms with Gasteiger partial charge in [0.05, 0.1) is 17.3 Å². The average molecular weight is 293 g/mol. The van der Waals surface area contributed by atoms with Crippen molar-refractivity contribution in [1.29, 1.82) is 0 Å². The lowest BCUT2D eigenvalue weighted by Crippen LogP contribution is -2.16. The van der Waals surface area contributed by atoms with Gasteiger partial charge in [-0.15, -0.1) is 0 Å². The standard InChI is InChI=1S/C12H9ClN4O3/c1-7-3-2-4-8(17(19)20)11(7)12(18)16-10-6-14-5-9(13)15-10/h2-6H,1H3,(H,15,16,18). The number of rotatable bonds is 3. The van der Waals surface area contributed by atoms with Gasteiger partial charge in [0.15, 0.2) is 5.82 Å². The molecule has 0 aliphatic carbocycles. The van der Waals surface area contributed by atoms with Crippen LogP contribution in [0, 0.1) is 17.0 Å². The first-order valence-corrected chi connectivity index (χ1v) is 5.89. The second-order valence-electron chi connectivity index (χ2n) is 3.91. The maximum absolute atomic E-state index is 12.1. The monoisotopic (exact) mass is 292 g/mol. The Balaban J connectivity index is 2.37. The zero-order chi connectivity index (χ0) is 14.7. The fourth-order valence-corrected chi connectivity index (χ4v) is 1.83. The molecule has 102 valence electrons. The van der Waals surface area contributed by atoms with Gasteiger partial charge >= 0.3 is 0 Å². The molecule has 0 fully saturated rings. The van der Waals surface area contributed by atoms with Crippen molar-refractivity contribution in [2.24, 2.45) is 0 Å². The molecule has 0 unspecified atom stereocenters. The first-order valence-electron chi connectivity index (χ1n) is 5.52. The molecule has 0 saturated carbocycles. The number of aryl methyl sites for hydroxylation is 1. The summed E-state index contributed by atoms with van der Waals surface area (Å²) in [6.07, 6.45) is 2.61. The van der Waals surface area contributed by atoms with E-state index in [1.165, 1.54) is 24.5 Å². The number of nitrogens with one attached hydrogen (secondary N) is 1. The van der Waals surface area contributed by atoms with Gasteiger partial charge in [0.25, 0.3) is 11.6 Å². The van der Waals surface area contributed by atoms with E-state index in [-0.39, 0.29) is 22.2 Å². The summed E-state index contributed by atoms with van der Waals surface area (Å²) in [5, 5.41) is 13.5.